The Morgan fingerprint density at radius 3 is 2.60 bits per heavy atom. The second-order valence-corrected chi connectivity index (χ2v) is 4.77. The highest BCUT2D eigenvalue weighted by Crippen LogP contribution is 2.19. The SMILES string of the molecule is Cc1ccc(C(=O)N(C)Cc2ccccc2O)c(F)c1. The lowest BCUT2D eigenvalue weighted by molar-refractivity contribution is 0.0779. The first-order valence-corrected chi connectivity index (χ1v) is 6.27. The number of aryl methyl sites for hydroxylation is 1. The Morgan fingerprint density at radius 1 is 1.25 bits per heavy atom. The van der Waals surface area contributed by atoms with Crippen molar-refractivity contribution in [3.63, 3.8) is 0 Å². The number of aromatic hydroxyl groups is 1. The highest BCUT2D eigenvalue weighted by Gasteiger charge is 2.17. The largest absolute Gasteiger partial charge is 0.508 e. The van der Waals surface area contributed by atoms with Gasteiger partial charge in [-0.15, -0.1) is 0 Å². The van der Waals surface area contributed by atoms with E-state index in [1.54, 1.807) is 44.3 Å². The molecule has 2 aromatic rings. The lowest BCUT2D eigenvalue weighted by Gasteiger charge is -2.18. The fraction of sp³-hybridized carbons (Fsp3) is 0.188. The Kier molecular flexibility index (Phi) is 4.03. The maximum absolute atomic E-state index is 13.8. The van der Waals surface area contributed by atoms with E-state index in [0.717, 1.165) is 5.56 Å². The van der Waals surface area contributed by atoms with Crippen LogP contribution in [0.2, 0.25) is 0 Å². The number of phenols is 1. The monoisotopic (exact) mass is 273 g/mol. The molecule has 2 rings (SSSR count). The van der Waals surface area contributed by atoms with Gasteiger partial charge in [-0.3, -0.25) is 4.79 Å². The average Bonchev–Trinajstić information content (AvgIpc) is 2.40. The summed E-state index contributed by atoms with van der Waals surface area (Å²) in [6.07, 6.45) is 0. The first-order valence-electron chi connectivity index (χ1n) is 6.27. The molecule has 3 nitrogen and oxygen atoms in total. The Hall–Kier alpha value is -2.36. The number of para-hydroxylation sites is 1. The minimum Gasteiger partial charge on any atom is -0.508 e. The Bertz CT molecular complexity index is 640. The van der Waals surface area contributed by atoms with Crippen LogP contribution in [0.4, 0.5) is 4.39 Å². The van der Waals surface area contributed by atoms with E-state index in [9.17, 15) is 14.3 Å². The number of halogens is 1. The number of carbonyl (C=O) groups excluding carboxylic acids is 1. The first kappa shape index (κ1) is 14.1. The minimum atomic E-state index is -0.529. The van der Waals surface area contributed by atoms with E-state index in [4.69, 9.17) is 0 Å². The molecule has 0 heterocycles. The van der Waals surface area contributed by atoms with Crippen LogP contribution in [0.25, 0.3) is 0 Å². The van der Waals surface area contributed by atoms with E-state index in [1.807, 2.05) is 0 Å². The Balaban J connectivity index is 2.19. The normalized spacial score (nSPS) is 10.3. The van der Waals surface area contributed by atoms with Gasteiger partial charge < -0.3 is 10.0 Å². The lowest BCUT2D eigenvalue weighted by atomic mass is 10.1. The van der Waals surface area contributed by atoms with Gasteiger partial charge in [0.1, 0.15) is 11.6 Å². The molecule has 0 unspecified atom stereocenters. The summed E-state index contributed by atoms with van der Waals surface area (Å²) in [6.45, 7) is 1.99. The summed E-state index contributed by atoms with van der Waals surface area (Å²) in [4.78, 5) is 13.6. The third-order valence-corrected chi connectivity index (χ3v) is 3.10. The molecule has 2 aromatic carbocycles. The van der Waals surface area contributed by atoms with Crippen LogP contribution < -0.4 is 0 Å². The summed E-state index contributed by atoms with van der Waals surface area (Å²) < 4.78 is 13.8. The van der Waals surface area contributed by atoms with Crippen molar-refractivity contribution in [2.24, 2.45) is 0 Å². The molecular weight excluding hydrogens is 257 g/mol. The van der Waals surface area contributed by atoms with Gasteiger partial charge in [-0.1, -0.05) is 24.3 Å². The maximum Gasteiger partial charge on any atom is 0.256 e. The molecule has 0 aliphatic carbocycles. The molecule has 0 saturated carbocycles. The van der Waals surface area contributed by atoms with Crippen molar-refractivity contribution in [1.82, 2.24) is 4.90 Å². The first-order chi connectivity index (χ1) is 9.49. The van der Waals surface area contributed by atoms with Crippen LogP contribution in [0.5, 0.6) is 5.75 Å². The maximum atomic E-state index is 13.8. The van der Waals surface area contributed by atoms with Crippen LogP contribution in [0.3, 0.4) is 0 Å². The molecule has 0 spiro atoms. The van der Waals surface area contributed by atoms with Gasteiger partial charge in [-0.2, -0.15) is 0 Å². The summed E-state index contributed by atoms with van der Waals surface area (Å²) in [5, 5.41) is 9.69. The van der Waals surface area contributed by atoms with E-state index in [1.165, 1.54) is 17.0 Å². The van der Waals surface area contributed by atoms with Crippen LogP contribution in [0, 0.1) is 12.7 Å². The number of amides is 1. The van der Waals surface area contributed by atoms with Crippen molar-refractivity contribution in [2.45, 2.75) is 13.5 Å². The molecule has 0 atom stereocenters. The zero-order valence-corrected chi connectivity index (χ0v) is 11.4. The smallest absolute Gasteiger partial charge is 0.256 e. The Morgan fingerprint density at radius 2 is 1.95 bits per heavy atom. The molecule has 0 saturated heterocycles. The third-order valence-electron chi connectivity index (χ3n) is 3.10. The van der Waals surface area contributed by atoms with Gasteiger partial charge in [0, 0.05) is 19.2 Å². The fourth-order valence-corrected chi connectivity index (χ4v) is 1.97. The molecule has 4 heteroatoms. The van der Waals surface area contributed by atoms with Crippen LogP contribution >= 0.6 is 0 Å². The zero-order valence-electron chi connectivity index (χ0n) is 11.4. The van der Waals surface area contributed by atoms with E-state index < -0.39 is 11.7 Å². The van der Waals surface area contributed by atoms with Gasteiger partial charge in [0.2, 0.25) is 0 Å². The molecular formula is C16H16FNO2. The summed E-state index contributed by atoms with van der Waals surface area (Å²) in [7, 11) is 1.58. The van der Waals surface area contributed by atoms with Crippen molar-refractivity contribution in [2.75, 3.05) is 7.05 Å². The number of phenolic OH excluding ortho intramolecular Hbond substituents is 1. The van der Waals surface area contributed by atoms with Crippen molar-refractivity contribution in [1.29, 1.82) is 0 Å². The van der Waals surface area contributed by atoms with Gasteiger partial charge in [-0.25, -0.2) is 4.39 Å². The molecule has 0 aliphatic heterocycles. The van der Waals surface area contributed by atoms with Gasteiger partial charge >= 0.3 is 0 Å². The number of benzene rings is 2. The second-order valence-electron chi connectivity index (χ2n) is 4.77. The Labute approximate surface area is 117 Å². The highest BCUT2D eigenvalue weighted by molar-refractivity contribution is 5.94. The van der Waals surface area contributed by atoms with Crippen molar-refractivity contribution in [3.05, 3.63) is 65.0 Å². The van der Waals surface area contributed by atoms with E-state index in [0.29, 0.717) is 5.56 Å². The quantitative estimate of drug-likeness (QED) is 0.933. The number of rotatable bonds is 3. The number of carbonyl (C=O) groups is 1. The third kappa shape index (κ3) is 2.96. The number of hydrogen-bond acceptors (Lipinski definition) is 2. The molecule has 0 bridgehead atoms. The van der Waals surface area contributed by atoms with Crippen molar-refractivity contribution >= 4 is 5.91 Å². The van der Waals surface area contributed by atoms with Crippen LogP contribution in [-0.2, 0) is 6.54 Å². The molecule has 1 N–H and O–H groups in total. The van der Waals surface area contributed by atoms with Crippen molar-refractivity contribution in [3.8, 4) is 5.75 Å². The highest BCUT2D eigenvalue weighted by atomic mass is 19.1. The summed E-state index contributed by atoms with van der Waals surface area (Å²) in [5.41, 5.74) is 1.42. The fourth-order valence-electron chi connectivity index (χ4n) is 1.97. The molecule has 104 valence electrons. The van der Waals surface area contributed by atoms with Crippen molar-refractivity contribution < 1.29 is 14.3 Å². The summed E-state index contributed by atoms with van der Waals surface area (Å²) >= 11 is 0. The predicted molar refractivity (Wildman–Crippen MR) is 75.0 cm³/mol. The molecule has 20 heavy (non-hydrogen) atoms. The second kappa shape index (κ2) is 5.74. The van der Waals surface area contributed by atoms with Gasteiger partial charge in [-0.05, 0) is 30.7 Å². The van der Waals surface area contributed by atoms with Gasteiger partial charge in [0.15, 0.2) is 0 Å². The lowest BCUT2D eigenvalue weighted by Crippen LogP contribution is -2.27. The van der Waals surface area contributed by atoms with Crippen LogP contribution in [-0.4, -0.2) is 23.0 Å². The molecule has 0 fully saturated rings. The average molecular weight is 273 g/mol. The minimum absolute atomic E-state index is 0.0357. The van der Waals surface area contributed by atoms with E-state index in [2.05, 4.69) is 0 Å². The zero-order chi connectivity index (χ0) is 14.7. The molecule has 0 aliphatic rings. The van der Waals surface area contributed by atoms with Gasteiger partial charge in [0.25, 0.3) is 5.91 Å². The summed E-state index contributed by atoms with van der Waals surface area (Å²) in [5.74, 6) is -0.818. The number of hydrogen-bond donors (Lipinski definition) is 1. The van der Waals surface area contributed by atoms with Crippen LogP contribution in [0.1, 0.15) is 21.5 Å². The van der Waals surface area contributed by atoms with Gasteiger partial charge in [0.05, 0.1) is 5.56 Å². The van der Waals surface area contributed by atoms with E-state index in [-0.39, 0.29) is 17.9 Å². The van der Waals surface area contributed by atoms with E-state index >= 15 is 0 Å². The molecule has 0 aromatic heterocycles. The summed E-state index contributed by atoms with van der Waals surface area (Å²) in [6, 6.07) is 11.3. The molecule has 0 radical (unpaired) electrons. The predicted octanol–water partition coefficient (Wildman–Crippen LogP) is 3.11. The van der Waals surface area contributed by atoms with Crippen LogP contribution in [0.15, 0.2) is 42.5 Å². The number of nitrogens with zero attached hydrogens (tertiary/aromatic N) is 1. The topological polar surface area (TPSA) is 40.5 Å². The standard InChI is InChI=1S/C16H16FNO2/c1-11-7-8-13(14(17)9-11)16(20)18(2)10-12-5-3-4-6-15(12)19/h3-9,19H,10H2,1-2H3. The molecule has 1 amide bonds.